The van der Waals surface area contributed by atoms with E-state index < -0.39 is 5.91 Å². The van der Waals surface area contributed by atoms with Gasteiger partial charge in [0.2, 0.25) is 5.91 Å². The van der Waals surface area contributed by atoms with Crippen LogP contribution in [0.3, 0.4) is 0 Å². The van der Waals surface area contributed by atoms with Gasteiger partial charge in [0, 0.05) is 25.2 Å². The molecule has 8 nitrogen and oxygen atoms in total. The number of amides is 1. The second kappa shape index (κ2) is 5.72. The van der Waals surface area contributed by atoms with Crippen molar-refractivity contribution < 1.29 is 9.90 Å². The maximum Gasteiger partial charge on any atom is 0.250 e. The lowest BCUT2D eigenvalue weighted by molar-refractivity contribution is 0.1000. The third-order valence-corrected chi connectivity index (χ3v) is 4.04. The summed E-state index contributed by atoms with van der Waals surface area (Å²) in [7, 11) is 1.87. The van der Waals surface area contributed by atoms with Crippen molar-refractivity contribution in [1.29, 1.82) is 0 Å². The maximum absolute atomic E-state index is 11.0. The number of aliphatic hydroxyl groups is 1. The molecule has 0 spiro atoms. The minimum atomic E-state index is -0.482. The fourth-order valence-electron chi connectivity index (χ4n) is 2.65. The third-order valence-electron chi connectivity index (χ3n) is 4.04. The molecule has 22 heavy (non-hydrogen) atoms. The average Bonchev–Trinajstić information content (AvgIpc) is 2.83. The smallest absolute Gasteiger partial charge is 0.250 e. The second-order valence-electron chi connectivity index (χ2n) is 5.50. The van der Waals surface area contributed by atoms with E-state index in [4.69, 9.17) is 10.8 Å². The molecule has 4 N–H and O–H groups in total. The average molecular weight is 302 g/mol. The monoisotopic (exact) mass is 302 g/mol. The Hall–Kier alpha value is -2.48. The van der Waals surface area contributed by atoms with Gasteiger partial charge < -0.3 is 20.7 Å². The Morgan fingerprint density at radius 2 is 2.23 bits per heavy atom. The molecule has 0 saturated heterocycles. The highest BCUT2D eigenvalue weighted by Gasteiger charge is 2.34. The van der Waals surface area contributed by atoms with Crippen molar-refractivity contribution in [2.75, 3.05) is 5.32 Å². The number of nitrogens with zero attached hydrogens (tertiary/aromatic N) is 4. The first-order valence-electron chi connectivity index (χ1n) is 7.10. The van der Waals surface area contributed by atoms with Gasteiger partial charge in [-0.15, -0.1) is 10.2 Å². The number of rotatable bonds is 5. The molecular formula is C14H18N6O2. The Kier molecular flexibility index (Phi) is 3.76. The summed E-state index contributed by atoms with van der Waals surface area (Å²) in [5, 5.41) is 20.5. The van der Waals surface area contributed by atoms with Crippen LogP contribution >= 0.6 is 0 Å². The van der Waals surface area contributed by atoms with Crippen LogP contribution in [0.2, 0.25) is 0 Å². The van der Waals surface area contributed by atoms with E-state index in [9.17, 15) is 4.79 Å². The highest BCUT2D eigenvalue weighted by molar-refractivity contribution is 5.92. The van der Waals surface area contributed by atoms with E-state index >= 15 is 0 Å². The van der Waals surface area contributed by atoms with E-state index in [2.05, 4.69) is 20.5 Å². The van der Waals surface area contributed by atoms with Gasteiger partial charge in [0.25, 0.3) is 0 Å². The largest absolute Gasteiger partial charge is 0.388 e. The van der Waals surface area contributed by atoms with Crippen LogP contribution < -0.4 is 11.1 Å². The van der Waals surface area contributed by atoms with Gasteiger partial charge in [0.05, 0.1) is 5.56 Å². The van der Waals surface area contributed by atoms with Crippen LogP contribution in [0.15, 0.2) is 18.3 Å². The number of primary amides is 1. The molecule has 0 bridgehead atoms. The minimum absolute atomic E-state index is 0.103. The fraction of sp³-hybridized carbons (Fsp3) is 0.429. The number of nitrogens with one attached hydrogen (secondary N) is 1. The van der Waals surface area contributed by atoms with Crippen molar-refractivity contribution >= 4 is 11.7 Å². The Morgan fingerprint density at radius 1 is 1.45 bits per heavy atom. The second-order valence-corrected chi connectivity index (χ2v) is 5.50. The van der Waals surface area contributed by atoms with E-state index in [1.54, 1.807) is 12.1 Å². The van der Waals surface area contributed by atoms with Crippen LogP contribution in [0.1, 0.15) is 40.8 Å². The Morgan fingerprint density at radius 3 is 2.77 bits per heavy atom. The standard InChI is InChI=1S/C14H18N6O2/c1-20-12(7-21)18-19-14(20)9-4-10(5-9)17-11-3-2-8(6-16-11)13(15)22/h2-3,6,9-10,21H,4-5,7H2,1H3,(H2,15,22)(H,16,17). The first kappa shape index (κ1) is 14.5. The van der Waals surface area contributed by atoms with Gasteiger partial charge in [-0.2, -0.15) is 0 Å². The van der Waals surface area contributed by atoms with E-state index in [-0.39, 0.29) is 6.61 Å². The zero-order chi connectivity index (χ0) is 15.7. The van der Waals surface area contributed by atoms with Crippen LogP contribution in [0, 0.1) is 0 Å². The highest BCUT2D eigenvalue weighted by atomic mass is 16.3. The Balaban J connectivity index is 1.57. The zero-order valence-corrected chi connectivity index (χ0v) is 12.2. The molecule has 0 aromatic carbocycles. The van der Waals surface area contributed by atoms with Gasteiger partial charge in [-0.25, -0.2) is 4.98 Å². The van der Waals surface area contributed by atoms with Crippen molar-refractivity contribution in [2.24, 2.45) is 12.8 Å². The SMILES string of the molecule is Cn1c(CO)nnc1C1CC(Nc2ccc(C(N)=O)cn2)C1. The lowest BCUT2D eigenvalue weighted by atomic mass is 9.79. The predicted molar refractivity (Wildman–Crippen MR) is 79.1 cm³/mol. The number of aliphatic hydroxyl groups excluding tert-OH is 1. The maximum atomic E-state index is 11.0. The summed E-state index contributed by atoms with van der Waals surface area (Å²) in [5.74, 6) is 2.06. The number of carbonyl (C=O) groups excluding carboxylic acids is 1. The Labute approximate surface area is 127 Å². The molecule has 1 fully saturated rings. The normalized spacial score (nSPS) is 20.5. The highest BCUT2D eigenvalue weighted by Crippen LogP contribution is 2.37. The molecule has 116 valence electrons. The molecule has 0 atom stereocenters. The first-order valence-corrected chi connectivity index (χ1v) is 7.10. The van der Waals surface area contributed by atoms with Gasteiger partial charge >= 0.3 is 0 Å². The number of carbonyl (C=O) groups is 1. The summed E-state index contributed by atoms with van der Waals surface area (Å²) in [5.41, 5.74) is 5.58. The van der Waals surface area contributed by atoms with Crippen LogP contribution in [-0.2, 0) is 13.7 Å². The number of pyridine rings is 1. The fourth-order valence-corrected chi connectivity index (χ4v) is 2.65. The molecule has 8 heteroatoms. The van der Waals surface area contributed by atoms with E-state index in [0.717, 1.165) is 24.5 Å². The summed E-state index contributed by atoms with van der Waals surface area (Å²) in [4.78, 5) is 15.2. The van der Waals surface area contributed by atoms with Gasteiger partial charge in [-0.3, -0.25) is 4.79 Å². The molecule has 1 saturated carbocycles. The molecule has 0 aliphatic heterocycles. The topological polar surface area (TPSA) is 119 Å². The summed E-state index contributed by atoms with van der Waals surface area (Å²) in [6.07, 6.45) is 3.32. The van der Waals surface area contributed by atoms with E-state index in [1.165, 1.54) is 6.20 Å². The molecule has 2 heterocycles. The summed E-state index contributed by atoms with van der Waals surface area (Å²) in [6, 6.07) is 3.72. The molecular weight excluding hydrogens is 284 g/mol. The Bertz CT molecular complexity index is 675. The molecule has 2 aromatic heterocycles. The van der Waals surface area contributed by atoms with Crippen LogP contribution in [0.5, 0.6) is 0 Å². The van der Waals surface area contributed by atoms with Crippen LogP contribution in [-0.4, -0.2) is 36.8 Å². The number of nitrogens with two attached hydrogens (primary N) is 1. The number of hydrogen-bond donors (Lipinski definition) is 3. The van der Waals surface area contributed by atoms with E-state index in [0.29, 0.717) is 23.3 Å². The number of aromatic nitrogens is 4. The van der Waals surface area contributed by atoms with Gasteiger partial charge in [0.15, 0.2) is 5.82 Å². The lowest BCUT2D eigenvalue weighted by Crippen LogP contribution is -2.35. The molecule has 1 aliphatic carbocycles. The van der Waals surface area contributed by atoms with Crippen molar-refractivity contribution in [1.82, 2.24) is 19.7 Å². The van der Waals surface area contributed by atoms with Crippen molar-refractivity contribution in [2.45, 2.75) is 31.4 Å². The lowest BCUT2D eigenvalue weighted by Gasteiger charge is -2.35. The molecule has 0 radical (unpaired) electrons. The quantitative estimate of drug-likeness (QED) is 0.724. The molecule has 1 amide bonds. The molecule has 2 aromatic rings. The van der Waals surface area contributed by atoms with Gasteiger partial charge in [-0.05, 0) is 25.0 Å². The molecule has 1 aliphatic rings. The van der Waals surface area contributed by atoms with Crippen LogP contribution in [0.25, 0.3) is 0 Å². The summed E-state index contributed by atoms with van der Waals surface area (Å²) in [6.45, 7) is -0.103. The first-order chi connectivity index (χ1) is 10.6. The van der Waals surface area contributed by atoms with Gasteiger partial charge in [-0.1, -0.05) is 0 Å². The molecule has 0 unspecified atom stereocenters. The van der Waals surface area contributed by atoms with E-state index in [1.807, 2.05) is 11.6 Å². The minimum Gasteiger partial charge on any atom is -0.388 e. The third kappa shape index (κ3) is 2.64. The van der Waals surface area contributed by atoms with Gasteiger partial charge in [0.1, 0.15) is 18.2 Å². The molecule has 3 rings (SSSR count). The summed E-state index contributed by atoms with van der Waals surface area (Å²) >= 11 is 0. The van der Waals surface area contributed by atoms with Crippen LogP contribution in [0.4, 0.5) is 5.82 Å². The predicted octanol–water partition coefficient (Wildman–Crippen LogP) is 0.159. The van der Waals surface area contributed by atoms with Crippen molar-refractivity contribution in [3.05, 3.63) is 35.5 Å². The zero-order valence-electron chi connectivity index (χ0n) is 12.2. The number of anilines is 1. The summed E-state index contributed by atoms with van der Waals surface area (Å²) < 4.78 is 1.85. The van der Waals surface area contributed by atoms with Crippen molar-refractivity contribution in [3.63, 3.8) is 0 Å². The number of hydrogen-bond acceptors (Lipinski definition) is 6. The van der Waals surface area contributed by atoms with Crippen molar-refractivity contribution in [3.8, 4) is 0 Å².